The molecule has 1 rings (SSSR count). The molecule has 0 aliphatic carbocycles. The van der Waals surface area contributed by atoms with Gasteiger partial charge in [0.15, 0.2) is 0 Å². The third-order valence-corrected chi connectivity index (χ3v) is 1.62. The lowest BCUT2D eigenvalue weighted by molar-refractivity contribution is 0.627. The minimum atomic E-state index is -0.304. The average molecular weight is 178 g/mol. The molecule has 68 valence electrons. The summed E-state index contributed by atoms with van der Waals surface area (Å²) in [6, 6.07) is 6.34. The van der Waals surface area contributed by atoms with E-state index in [4.69, 9.17) is 5.26 Å². The smallest absolute Gasteiger partial charge is 0.125 e. The zero-order valence-corrected chi connectivity index (χ0v) is 7.63. The molecule has 0 heterocycles. The van der Waals surface area contributed by atoms with Crippen molar-refractivity contribution in [3.63, 3.8) is 0 Å². The molecule has 0 aromatic heterocycles. The van der Waals surface area contributed by atoms with Gasteiger partial charge in [0.05, 0.1) is 6.07 Å². The van der Waals surface area contributed by atoms with Gasteiger partial charge < -0.3 is 5.32 Å². The molecule has 0 saturated carbocycles. The predicted molar refractivity (Wildman–Crippen MR) is 49.8 cm³/mol. The second-order valence-corrected chi connectivity index (χ2v) is 3.01. The highest BCUT2D eigenvalue weighted by molar-refractivity contribution is 5.47. The Balaban J connectivity index is 2.84. The molecule has 0 bridgehead atoms. The molecule has 0 aliphatic rings. The summed E-state index contributed by atoms with van der Waals surface area (Å²) in [5, 5.41) is 11.4. The third-order valence-electron chi connectivity index (χ3n) is 1.62. The highest BCUT2D eigenvalue weighted by atomic mass is 19.1. The Bertz CT molecular complexity index is 321. The van der Waals surface area contributed by atoms with Gasteiger partial charge in [0.25, 0.3) is 0 Å². The summed E-state index contributed by atoms with van der Waals surface area (Å²) in [5.41, 5.74) is 1.49. The quantitative estimate of drug-likeness (QED) is 0.755. The molecule has 1 aromatic carbocycles. The highest BCUT2D eigenvalue weighted by Gasteiger charge is 2.01. The SMILES string of the molecule is Cc1cc(F)cc(NC(C)C#N)c1. The summed E-state index contributed by atoms with van der Waals surface area (Å²) < 4.78 is 12.9. The van der Waals surface area contributed by atoms with Crippen LogP contribution >= 0.6 is 0 Å². The van der Waals surface area contributed by atoms with E-state index in [-0.39, 0.29) is 11.9 Å². The van der Waals surface area contributed by atoms with E-state index in [1.54, 1.807) is 13.0 Å². The van der Waals surface area contributed by atoms with Gasteiger partial charge in [-0.05, 0) is 37.6 Å². The number of nitrogens with zero attached hydrogens (tertiary/aromatic N) is 1. The summed E-state index contributed by atoms with van der Waals surface area (Å²) in [5.74, 6) is -0.285. The van der Waals surface area contributed by atoms with Crippen LogP contribution in [0.25, 0.3) is 0 Å². The van der Waals surface area contributed by atoms with Crippen LogP contribution in [0.1, 0.15) is 12.5 Å². The van der Waals surface area contributed by atoms with Gasteiger partial charge in [-0.15, -0.1) is 0 Å². The number of rotatable bonds is 2. The Labute approximate surface area is 77.0 Å². The molecular weight excluding hydrogens is 167 g/mol. The van der Waals surface area contributed by atoms with Crippen molar-refractivity contribution in [3.8, 4) is 6.07 Å². The molecule has 1 aromatic rings. The van der Waals surface area contributed by atoms with Crippen molar-refractivity contribution in [2.45, 2.75) is 19.9 Å². The number of hydrogen-bond donors (Lipinski definition) is 1. The molecule has 1 atom stereocenters. The van der Waals surface area contributed by atoms with Crippen molar-refractivity contribution in [1.29, 1.82) is 5.26 Å². The molecule has 13 heavy (non-hydrogen) atoms. The van der Waals surface area contributed by atoms with Crippen LogP contribution in [-0.2, 0) is 0 Å². The molecule has 2 nitrogen and oxygen atoms in total. The standard InChI is InChI=1S/C10H11FN2/c1-7-3-9(11)5-10(4-7)13-8(2)6-12/h3-5,8,13H,1-2H3. The maximum absolute atomic E-state index is 12.9. The van der Waals surface area contributed by atoms with Gasteiger partial charge in [-0.2, -0.15) is 5.26 Å². The van der Waals surface area contributed by atoms with Crippen LogP contribution in [0.15, 0.2) is 18.2 Å². The lowest BCUT2D eigenvalue weighted by atomic mass is 10.2. The third kappa shape index (κ3) is 2.75. The molecule has 0 fully saturated rings. The molecule has 3 heteroatoms. The van der Waals surface area contributed by atoms with Crippen molar-refractivity contribution in [2.24, 2.45) is 0 Å². The van der Waals surface area contributed by atoms with Crippen LogP contribution in [-0.4, -0.2) is 6.04 Å². The van der Waals surface area contributed by atoms with E-state index in [1.165, 1.54) is 12.1 Å². The van der Waals surface area contributed by atoms with Crippen LogP contribution in [0.3, 0.4) is 0 Å². The maximum Gasteiger partial charge on any atom is 0.125 e. The van der Waals surface area contributed by atoms with Gasteiger partial charge in [0.1, 0.15) is 11.9 Å². The fourth-order valence-electron chi connectivity index (χ4n) is 1.10. The highest BCUT2D eigenvalue weighted by Crippen LogP contribution is 2.13. The first kappa shape index (κ1) is 9.53. The number of nitriles is 1. The fraction of sp³-hybridized carbons (Fsp3) is 0.300. The zero-order valence-electron chi connectivity index (χ0n) is 7.63. The zero-order chi connectivity index (χ0) is 9.84. The summed E-state index contributed by atoms with van der Waals surface area (Å²) >= 11 is 0. The van der Waals surface area contributed by atoms with Gasteiger partial charge in [0, 0.05) is 5.69 Å². The van der Waals surface area contributed by atoms with E-state index < -0.39 is 0 Å². The average Bonchev–Trinajstić information content (AvgIpc) is 2.02. The number of nitrogens with one attached hydrogen (secondary N) is 1. The molecule has 1 unspecified atom stereocenters. The molecular formula is C10H11FN2. The number of anilines is 1. The summed E-state index contributed by atoms with van der Waals surface area (Å²) in [6.45, 7) is 3.53. The van der Waals surface area contributed by atoms with Crippen LogP contribution in [0.5, 0.6) is 0 Å². The van der Waals surface area contributed by atoms with Crippen molar-refractivity contribution >= 4 is 5.69 Å². The first-order chi connectivity index (χ1) is 6.11. The van der Waals surface area contributed by atoms with E-state index >= 15 is 0 Å². The van der Waals surface area contributed by atoms with Crippen molar-refractivity contribution in [1.82, 2.24) is 0 Å². The first-order valence-electron chi connectivity index (χ1n) is 4.05. The van der Waals surface area contributed by atoms with Gasteiger partial charge in [0.2, 0.25) is 0 Å². The number of aryl methyl sites for hydroxylation is 1. The lowest BCUT2D eigenvalue weighted by Gasteiger charge is -2.08. The predicted octanol–water partition coefficient (Wildman–Crippen LogP) is 2.46. The summed E-state index contributed by atoms with van der Waals surface area (Å²) in [7, 11) is 0. The maximum atomic E-state index is 12.9. The Morgan fingerprint density at radius 2 is 2.15 bits per heavy atom. The molecule has 0 amide bonds. The molecule has 0 saturated heterocycles. The monoisotopic (exact) mass is 178 g/mol. The number of benzene rings is 1. The Hall–Kier alpha value is -1.56. The second kappa shape index (κ2) is 3.90. The Kier molecular flexibility index (Phi) is 2.86. The van der Waals surface area contributed by atoms with Crippen molar-refractivity contribution in [3.05, 3.63) is 29.6 Å². The normalized spacial score (nSPS) is 11.8. The fourth-order valence-corrected chi connectivity index (χ4v) is 1.10. The Morgan fingerprint density at radius 1 is 1.46 bits per heavy atom. The molecule has 0 spiro atoms. The molecule has 0 aliphatic heterocycles. The van der Waals surface area contributed by atoms with E-state index in [2.05, 4.69) is 5.32 Å². The molecule has 0 radical (unpaired) electrons. The van der Waals surface area contributed by atoms with Crippen LogP contribution in [0.2, 0.25) is 0 Å². The van der Waals surface area contributed by atoms with E-state index in [1.807, 2.05) is 13.0 Å². The van der Waals surface area contributed by atoms with Gasteiger partial charge in [-0.3, -0.25) is 0 Å². The topological polar surface area (TPSA) is 35.8 Å². The van der Waals surface area contributed by atoms with Crippen molar-refractivity contribution < 1.29 is 4.39 Å². The minimum Gasteiger partial charge on any atom is -0.370 e. The van der Waals surface area contributed by atoms with Crippen LogP contribution in [0.4, 0.5) is 10.1 Å². The first-order valence-corrected chi connectivity index (χ1v) is 4.05. The van der Waals surface area contributed by atoms with E-state index in [0.29, 0.717) is 5.69 Å². The summed E-state index contributed by atoms with van der Waals surface area (Å²) in [6.07, 6.45) is 0. The lowest BCUT2D eigenvalue weighted by Crippen LogP contribution is -2.12. The van der Waals surface area contributed by atoms with Crippen LogP contribution in [0, 0.1) is 24.1 Å². The van der Waals surface area contributed by atoms with Gasteiger partial charge >= 0.3 is 0 Å². The summed E-state index contributed by atoms with van der Waals surface area (Å²) in [4.78, 5) is 0. The van der Waals surface area contributed by atoms with E-state index in [9.17, 15) is 4.39 Å². The van der Waals surface area contributed by atoms with Crippen LogP contribution < -0.4 is 5.32 Å². The van der Waals surface area contributed by atoms with Crippen molar-refractivity contribution in [2.75, 3.05) is 5.32 Å². The molecule has 1 N–H and O–H groups in total. The second-order valence-electron chi connectivity index (χ2n) is 3.01. The number of hydrogen-bond acceptors (Lipinski definition) is 2. The number of halogens is 1. The van der Waals surface area contributed by atoms with Gasteiger partial charge in [-0.1, -0.05) is 0 Å². The Morgan fingerprint density at radius 3 is 2.69 bits per heavy atom. The largest absolute Gasteiger partial charge is 0.370 e. The van der Waals surface area contributed by atoms with E-state index in [0.717, 1.165) is 5.56 Å². The van der Waals surface area contributed by atoms with Gasteiger partial charge in [-0.25, -0.2) is 4.39 Å². The minimum absolute atomic E-state index is 0.285.